The highest BCUT2D eigenvalue weighted by molar-refractivity contribution is 5.91. The maximum Gasteiger partial charge on any atom is 0.158 e. The fourth-order valence-electron chi connectivity index (χ4n) is 4.49. The molecule has 0 radical (unpaired) electrons. The van der Waals surface area contributed by atoms with Gasteiger partial charge in [-0.1, -0.05) is 32.6 Å². The van der Waals surface area contributed by atoms with Crippen molar-refractivity contribution in [1.82, 2.24) is 4.90 Å². The van der Waals surface area contributed by atoms with Gasteiger partial charge in [0.15, 0.2) is 5.78 Å². The summed E-state index contributed by atoms with van der Waals surface area (Å²) in [4.78, 5) is 14.4. The standard InChI is InChI=1S/C23H36N2O/c1-7-21(26)18-12-14-25(15-13-18)23(5,6)17-22(3,4)19-10-9-11-20(16-19)24-8-2/h7,9-11,16,18,24H,1,8,12-15,17H2,2-6H3. The molecule has 144 valence electrons. The van der Waals surface area contributed by atoms with Crippen LogP contribution in [0, 0.1) is 5.92 Å². The zero-order chi connectivity index (χ0) is 19.4. The molecular weight excluding hydrogens is 320 g/mol. The fourth-order valence-corrected chi connectivity index (χ4v) is 4.49. The molecule has 2 rings (SSSR count). The number of anilines is 1. The van der Waals surface area contributed by atoms with Gasteiger partial charge < -0.3 is 5.32 Å². The number of hydrogen-bond donors (Lipinski definition) is 1. The van der Waals surface area contributed by atoms with Gasteiger partial charge in [-0.15, -0.1) is 0 Å². The molecule has 1 aromatic carbocycles. The van der Waals surface area contributed by atoms with Crippen molar-refractivity contribution in [3.8, 4) is 0 Å². The van der Waals surface area contributed by atoms with Crippen LogP contribution >= 0.6 is 0 Å². The number of likely N-dealkylation sites (tertiary alicyclic amines) is 1. The molecule has 0 aliphatic carbocycles. The number of carbonyl (C=O) groups is 1. The Morgan fingerprint density at radius 1 is 1.27 bits per heavy atom. The molecule has 0 amide bonds. The van der Waals surface area contributed by atoms with E-state index in [2.05, 4.69) is 75.7 Å². The van der Waals surface area contributed by atoms with E-state index in [4.69, 9.17) is 0 Å². The van der Waals surface area contributed by atoms with Crippen molar-refractivity contribution < 1.29 is 4.79 Å². The molecule has 1 aliphatic rings. The van der Waals surface area contributed by atoms with Crippen LogP contribution in [-0.4, -0.2) is 35.9 Å². The summed E-state index contributed by atoms with van der Waals surface area (Å²) in [6, 6.07) is 8.81. The summed E-state index contributed by atoms with van der Waals surface area (Å²) in [5.41, 5.74) is 2.75. The molecule has 1 N–H and O–H groups in total. The minimum atomic E-state index is 0.0860. The Bertz CT molecular complexity index is 625. The second kappa shape index (κ2) is 8.39. The molecule has 0 atom stereocenters. The number of benzene rings is 1. The van der Waals surface area contributed by atoms with Crippen molar-refractivity contribution in [2.45, 2.75) is 64.8 Å². The van der Waals surface area contributed by atoms with Crippen molar-refractivity contribution in [3.63, 3.8) is 0 Å². The van der Waals surface area contributed by atoms with Gasteiger partial charge >= 0.3 is 0 Å². The molecule has 0 aromatic heterocycles. The van der Waals surface area contributed by atoms with E-state index in [-0.39, 0.29) is 22.7 Å². The Balaban J connectivity index is 2.06. The van der Waals surface area contributed by atoms with Crippen LogP contribution < -0.4 is 5.32 Å². The first-order valence-electron chi connectivity index (χ1n) is 9.95. The molecule has 0 bridgehead atoms. The molecule has 0 unspecified atom stereocenters. The van der Waals surface area contributed by atoms with E-state index in [1.165, 1.54) is 17.3 Å². The lowest BCUT2D eigenvalue weighted by atomic mass is 9.73. The summed E-state index contributed by atoms with van der Waals surface area (Å²) >= 11 is 0. The van der Waals surface area contributed by atoms with Gasteiger partial charge in [0.2, 0.25) is 0 Å². The predicted octanol–water partition coefficient (Wildman–Crippen LogP) is 5.03. The van der Waals surface area contributed by atoms with Crippen LogP contribution in [0.1, 0.15) is 59.4 Å². The monoisotopic (exact) mass is 356 g/mol. The molecule has 1 fully saturated rings. The summed E-state index contributed by atoms with van der Waals surface area (Å²) in [5.74, 6) is 0.382. The quantitative estimate of drug-likeness (QED) is 0.663. The van der Waals surface area contributed by atoms with Crippen LogP contribution in [0.4, 0.5) is 5.69 Å². The van der Waals surface area contributed by atoms with E-state index in [0.717, 1.165) is 38.9 Å². The van der Waals surface area contributed by atoms with Gasteiger partial charge in [-0.3, -0.25) is 9.69 Å². The zero-order valence-corrected chi connectivity index (χ0v) is 17.3. The van der Waals surface area contributed by atoms with Gasteiger partial charge in [0.25, 0.3) is 0 Å². The van der Waals surface area contributed by atoms with Crippen LogP contribution in [0.25, 0.3) is 0 Å². The van der Waals surface area contributed by atoms with Crippen molar-refractivity contribution in [2.24, 2.45) is 5.92 Å². The predicted molar refractivity (Wildman–Crippen MR) is 112 cm³/mol. The molecule has 26 heavy (non-hydrogen) atoms. The summed E-state index contributed by atoms with van der Waals surface area (Å²) in [7, 11) is 0. The summed E-state index contributed by atoms with van der Waals surface area (Å²) in [6.45, 7) is 18.1. The Labute approximate surface area is 159 Å². The summed E-state index contributed by atoms with van der Waals surface area (Å²) < 4.78 is 0. The third kappa shape index (κ3) is 4.97. The van der Waals surface area contributed by atoms with Crippen LogP contribution in [0.5, 0.6) is 0 Å². The zero-order valence-electron chi connectivity index (χ0n) is 17.3. The van der Waals surface area contributed by atoms with Crippen LogP contribution in [0.15, 0.2) is 36.9 Å². The number of allylic oxidation sites excluding steroid dienone is 1. The highest BCUT2D eigenvalue weighted by atomic mass is 16.1. The second-order valence-corrected chi connectivity index (χ2v) is 8.85. The largest absolute Gasteiger partial charge is 0.385 e. The third-order valence-electron chi connectivity index (χ3n) is 5.85. The molecule has 1 aliphatic heterocycles. The smallest absolute Gasteiger partial charge is 0.158 e. The second-order valence-electron chi connectivity index (χ2n) is 8.85. The van der Waals surface area contributed by atoms with E-state index < -0.39 is 0 Å². The number of hydrogen-bond acceptors (Lipinski definition) is 3. The normalized spacial score (nSPS) is 17.1. The maximum atomic E-state index is 11.9. The van der Waals surface area contributed by atoms with E-state index in [0.29, 0.717) is 0 Å². The van der Waals surface area contributed by atoms with Gasteiger partial charge in [0.05, 0.1) is 0 Å². The lowest BCUT2D eigenvalue weighted by molar-refractivity contribution is -0.120. The summed E-state index contributed by atoms with van der Waals surface area (Å²) in [5, 5.41) is 3.42. The average molecular weight is 357 g/mol. The molecule has 0 spiro atoms. The van der Waals surface area contributed by atoms with E-state index in [1.54, 1.807) is 0 Å². The molecule has 1 heterocycles. The van der Waals surface area contributed by atoms with E-state index in [9.17, 15) is 4.79 Å². The van der Waals surface area contributed by atoms with Crippen LogP contribution in [0.3, 0.4) is 0 Å². The highest BCUT2D eigenvalue weighted by Crippen LogP contribution is 2.37. The lowest BCUT2D eigenvalue weighted by Crippen LogP contribution is -2.51. The number of carbonyl (C=O) groups excluding carboxylic acids is 1. The fraction of sp³-hybridized carbons (Fsp3) is 0.609. The molecule has 3 heteroatoms. The van der Waals surface area contributed by atoms with Gasteiger partial charge in [-0.25, -0.2) is 0 Å². The SMILES string of the molecule is C=CC(=O)C1CCN(C(C)(C)CC(C)(C)c2cccc(NCC)c2)CC1. The van der Waals surface area contributed by atoms with Crippen LogP contribution in [0.2, 0.25) is 0 Å². The number of rotatable bonds is 8. The van der Waals surface area contributed by atoms with Gasteiger partial charge in [0.1, 0.15) is 0 Å². The molecular formula is C23H36N2O. The number of nitrogens with one attached hydrogen (secondary N) is 1. The van der Waals surface area contributed by atoms with Crippen molar-refractivity contribution >= 4 is 11.5 Å². The molecule has 0 saturated carbocycles. The minimum Gasteiger partial charge on any atom is -0.385 e. The first kappa shape index (κ1) is 20.7. The minimum absolute atomic E-state index is 0.0860. The average Bonchev–Trinajstić information content (AvgIpc) is 2.61. The first-order valence-corrected chi connectivity index (χ1v) is 9.95. The Morgan fingerprint density at radius 3 is 2.50 bits per heavy atom. The van der Waals surface area contributed by atoms with Gasteiger partial charge in [-0.05, 0) is 82.3 Å². The maximum absolute atomic E-state index is 11.9. The Morgan fingerprint density at radius 2 is 1.92 bits per heavy atom. The van der Waals surface area contributed by atoms with Gasteiger partial charge in [-0.2, -0.15) is 0 Å². The molecule has 1 aromatic rings. The Kier molecular flexibility index (Phi) is 6.68. The molecule has 3 nitrogen and oxygen atoms in total. The summed E-state index contributed by atoms with van der Waals surface area (Å²) in [6.07, 6.45) is 4.47. The van der Waals surface area contributed by atoms with E-state index >= 15 is 0 Å². The number of ketones is 1. The van der Waals surface area contributed by atoms with Crippen molar-refractivity contribution in [3.05, 3.63) is 42.5 Å². The lowest BCUT2D eigenvalue weighted by Gasteiger charge is -2.46. The van der Waals surface area contributed by atoms with Crippen molar-refractivity contribution in [2.75, 3.05) is 25.0 Å². The first-order chi connectivity index (χ1) is 12.2. The van der Waals surface area contributed by atoms with Gasteiger partial charge in [0, 0.05) is 23.7 Å². The van der Waals surface area contributed by atoms with Crippen LogP contribution in [-0.2, 0) is 10.2 Å². The third-order valence-corrected chi connectivity index (χ3v) is 5.85. The topological polar surface area (TPSA) is 32.3 Å². The number of nitrogens with zero attached hydrogens (tertiary/aromatic N) is 1. The Hall–Kier alpha value is -1.61. The van der Waals surface area contributed by atoms with E-state index in [1.807, 2.05) is 0 Å². The molecule has 1 saturated heterocycles. The number of piperidine rings is 1. The van der Waals surface area contributed by atoms with Crippen molar-refractivity contribution in [1.29, 1.82) is 0 Å². The highest BCUT2D eigenvalue weighted by Gasteiger charge is 2.37.